The maximum Gasteiger partial charge on any atom is 0.182 e. The summed E-state index contributed by atoms with van der Waals surface area (Å²) in [6.07, 6.45) is 2.62. The molecule has 0 saturated carbocycles. The number of aryl methyl sites for hydroxylation is 1. The summed E-state index contributed by atoms with van der Waals surface area (Å²) in [4.78, 5) is 18.5. The molecule has 5 heteroatoms. The number of halogens is 1. The highest BCUT2D eigenvalue weighted by Crippen LogP contribution is 2.31. The van der Waals surface area contributed by atoms with Gasteiger partial charge in [0.25, 0.3) is 0 Å². The molecular formula is C14H12ClNOS2. The maximum atomic E-state index is 11.7. The van der Waals surface area contributed by atoms with Gasteiger partial charge in [0.2, 0.25) is 0 Å². The summed E-state index contributed by atoms with van der Waals surface area (Å²) in [6, 6.07) is 7.80. The Labute approximate surface area is 125 Å². The summed E-state index contributed by atoms with van der Waals surface area (Å²) in [5.41, 5.74) is 0.720. The number of ketones is 1. The third kappa shape index (κ3) is 3.02. The second kappa shape index (κ2) is 5.65. The lowest BCUT2D eigenvalue weighted by atomic mass is 10.0. The van der Waals surface area contributed by atoms with E-state index >= 15 is 0 Å². The number of hydrogen-bond acceptors (Lipinski definition) is 4. The van der Waals surface area contributed by atoms with Gasteiger partial charge in [0, 0.05) is 21.2 Å². The molecule has 0 amide bonds. The first-order valence-corrected chi connectivity index (χ1v) is 8.30. The van der Waals surface area contributed by atoms with Crippen LogP contribution in [0.25, 0.3) is 0 Å². The van der Waals surface area contributed by atoms with Crippen molar-refractivity contribution < 1.29 is 4.79 Å². The standard InChI is InChI=1S/C14H12ClNOS2/c15-9-3-1-4-10(7-9)18-8-13-16-14-11(17)5-2-6-12(14)19-13/h1,3-4,7H,2,5-6,8H2. The first-order chi connectivity index (χ1) is 9.22. The van der Waals surface area contributed by atoms with Crippen LogP contribution in [0, 0.1) is 0 Å². The zero-order valence-corrected chi connectivity index (χ0v) is 12.6. The monoisotopic (exact) mass is 309 g/mol. The molecule has 0 atom stereocenters. The third-order valence-corrected chi connectivity index (χ3v) is 5.51. The molecule has 0 radical (unpaired) electrons. The molecule has 2 nitrogen and oxygen atoms in total. The van der Waals surface area contributed by atoms with Crippen LogP contribution in [0.4, 0.5) is 0 Å². The largest absolute Gasteiger partial charge is 0.292 e. The molecule has 3 rings (SSSR count). The molecule has 0 unspecified atom stereocenters. The van der Waals surface area contributed by atoms with Crippen LogP contribution in [0.3, 0.4) is 0 Å². The van der Waals surface area contributed by atoms with Gasteiger partial charge in [-0.1, -0.05) is 17.7 Å². The van der Waals surface area contributed by atoms with E-state index in [2.05, 4.69) is 4.98 Å². The highest BCUT2D eigenvalue weighted by Gasteiger charge is 2.21. The van der Waals surface area contributed by atoms with Crippen molar-refractivity contribution in [3.63, 3.8) is 0 Å². The van der Waals surface area contributed by atoms with Gasteiger partial charge < -0.3 is 0 Å². The topological polar surface area (TPSA) is 30.0 Å². The summed E-state index contributed by atoms with van der Waals surface area (Å²) >= 11 is 9.34. The van der Waals surface area contributed by atoms with Crippen LogP contribution in [0.5, 0.6) is 0 Å². The van der Waals surface area contributed by atoms with Crippen LogP contribution in [0.2, 0.25) is 5.02 Å². The van der Waals surface area contributed by atoms with E-state index in [1.54, 1.807) is 23.1 Å². The summed E-state index contributed by atoms with van der Waals surface area (Å²) in [5.74, 6) is 1.00. The van der Waals surface area contributed by atoms with Crippen molar-refractivity contribution in [1.29, 1.82) is 0 Å². The van der Waals surface area contributed by atoms with Gasteiger partial charge >= 0.3 is 0 Å². The first kappa shape index (κ1) is 13.2. The van der Waals surface area contributed by atoms with Crippen molar-refractivity contribution >= 4 is 40.5 Å². The van der Waals surface area contributed by atoms with Crippen molar-refractivity contribution in [2.45, 2.75) is 29.9 Å². The number of nitrogens with zero attached hydrogens (tertiary/aromatic N) is 1. The SMILES string of the molecule is O=C1CCCc2sc(CSc3cccc(Cl)c3)nc21. The van der Waals surface area contributed by atoms with Crippen LogP contribution in [0.15, 0.2) is 29.2 Å². The van der Waals surface area contributed by atoms with Crippen LogP contribution >= 0.6 is 34.7 Å². The van der Waals surface area contributed by atoms with Gasteiger partial charge in [-0.05, 0) is 31.0 Å². The van der Waals surface area contributed by atoms with E-state index in [1.165, 1.54) is 0 Å². The number of thiazole rings is 1. The smallest absolute Gasteiger partial charge is 0.182 e. The predicted octanol–water partition coefficient (Wildman–Crippen LogP) is 4.61. The highest BCUT2D eigenvalue weighted by molar-refractivity contribution is 7.98. The van der Waals surface area contributed by atoms with Gasteiger partial charge in [-0.2, -0.15) is 0 Å². The van der Waals surface area contributed by atoms with Crippen molar-refractivity contribution in [2.24, 2.45) is 0 Å². The minimum absolute atomic E-state index is 0.205. The number of carbonyl (C=O) groups excluding carboxylic acids is 1. The van der Waals surface area contributed by atoms with E-state index in [0.29, 0.717) is 6.42 Å². The number of hydrogen-bond donors (Lipinski definition) is 0. The van der Waals surface area contributed by atoms with E-state index in [9.17, 15) is 4.79 Å². The summed E-state index contributed by atoms with van der Waals surface area (Å²) in [7, 11) is 0. The molecule has 1 heterocycles. The van der Waals surface area contributed by atoms with E-state index in [4.69, 9.17) is 11.6 Å². The molecule has 1 aromatic carbocycles. The quantitative estimate of drug-likeness (QED) is 0.776. The van der Waals surface area contributed by atoms with Crippen molar-refractivity contribution in [3.05, 3.63) is 44.9 Å². The number of aromatic nitrogens is 1. The van der Waals surface area contributed by atoms with Crippen molar-refractivity contribution in [1.82, 2.24) is 4.98 Å². The molecule has 0 N–H and O–H groups in total. The molecule has 2 aromatic rings. The Kier molecular flexibility index (Phi) is 3.91. The molecular weight excluding hydrogens is 298 g/mol. The summed E-state index contributed by atoms with van der Waals surface area (Å²) in [5, 5.41) is 1.78. The van der Waals surface area contributed by atoms with Gasteiger partial charge in [-0.25, -0.2) is 4.98 Å². The zero-order valence-electron chi connectivity index (χ0n) is 10.2. The Hall–Kier alpha value is -0.840. The third-order valence-electron chi connectivity index (χ3n) is 2.97. The normalized spacial score (nSPS) is 14.5. The van der Waals surface area contributed by atoms with Gasteiger partial charge in [0.1, 0.15) is 10.7 Å². The van der Waals surface area contributed by atoms with E-state index in [-0.39, 0.29) is 5.78 Å². The fraction of sp³-hybridized carbons (Fsp3) is 0.286. The minimum atomic E-state index is 0.205. The molecule has 0 saturated heterocycles. The maximum absolute atomic E-state index is 11.7. The van der Waals surface area contributed by atoms with Gasteiger partial charge in [0.15, 0.2) is 5.78 Å². The van der Waals surface area contributed by atoms with Gasteiger partial charge in [-0.3, -0.25) is 4.79 Å². The first-order valence-electron chi connectivity index (χ1n) is 6.12. The Morgan fingerprint density at radius 2 is 2.26 bits per heavy atom. The summed E-state index contributed by atoms with van der Waals surface area (Å²) < 4.78 is 0. The highest BCUT2D eigenvalue weighted by atomic mass is 35.5. The molecule has 19 heavy (non-hydrogen) atoms. The number of thioether (sulfide) groups is 1. The lowest BCUT2D eigenvalue weighted by Gasteiger charge is -2.06. The van der Waals surface area contributed by atoms with Crippen molar-refractivity contribution in [3.8, 4) is 0 Å². The molecule has 1 aliphatic carbocycles. The molecule has 0 spiro atoms. The Balaban J connectivity index is 1.72. The summed E-state index contributed by atoms with van der Waals surface area (Å²) in [6.45, 7) is 0. The minimum Gasteiger partial charge on any atom is -0.292 e. The van der Waals surface area contributed by atoms with E-state index < -0.39 is 0 Å². The van der Waals surface area contributed by atoms with E-state index in [1.807, 2.05) is 24.3 Å². The lowest BCUT2D eigenvalue weighted by Crippen LogP contribution is -2.08. The fourth-order valence-corrected chi connectivity index (χ4v) is 4.41. The molecule has 0 fully saturated rings. The number of rotatable bonds is 3. The van der Waals surface area contributed by atoms with Crippen LogP contribution < -0.4 is 0 Å². The second-order valence-corrected chi connectivity index (χ2v) is 7.06. The molecule has 98 valence electrons. The predicted molar refractivity (Wildman–Crippen MR) is 80.4 cm³/mol. The van der Waals surface area contributed by atoms with E-state index in [0.717, 1.165) is 44.1 Å². The van der Waals surface area contributed by atoms with Crippen LogP contribution in [0.1, 0.15) is 33.2 Å². The Morgan fingerprint density at radius 1 is 1.37 bits per heavy atom. The molecule has 0 bridgehead atoms. The fourth-order valence-electron chi connectivity index (χ4n) is 2.08. The Morgan fingerprint density at radius 3 is 3.05 bits per heavy atom. The number of Topliss-reactive ketones (excluding diaryl/α,β-unsaturated/α-hetero) is 1. The number of carbonyl (C=O) groups is 1. The molecule has 1 aromatic heterocycles. The zero-order chi connectivity index (χ0) is 13.2. The van der Waals surface area contributed by atoms with Crippen LogP contribution in [-0.2, 0) is 12.2 Å². The van der Waals surface area contributed by atoms with Crippen molar-refractivity contribution in [2.75, 3.05) is 0 Å². The second-order valence-electron chi connectivity index (χ2n) is 4.40. The van der Waals surface area contributed by atoms with Gasteiger partial charge in [-0.15, -0.1) is 23.1 Å². The lowest BCUT2D eigenvalue weighted by molar-refractivity contribution is 0.0968. The van der Waals surface area contributed by atoms with Crippen LogP contribution in [-0.4, -0.2) is 10.8 Å². The Bertz CT molecular complexity index is 624. The van der Waals surface area contributed by atoms with Gasteiger partial charge in [0.05, 0.1) is 5.75 Å². The average molecular weight is 310 g/mol. The average Bonchev–Trinajstić information content (AvgIpc) is 2.81. The molecule has 1 aliphatic rings. The number of benzene rings is 1. The molecule has 0 aliphatic heterocycles. The number of fused-ring (bicyclic) bond motifs is 1.